The van der Waals surface area contributed by atoms with E-state index in [1.807, 2.05) is 21.1 Å². The van der Waals surface area contributed by atoms with Crippen LogP contribution < -0.4 is 0 Å². The van der Waals surface area contributed by atoms with Gasteiger partial charge in [0.1, 0.15) is 5.82 Å². The zero-order chi connectivity index (χ0) is 15.0. The first kappa shape index (κ1) is 17.4. The molecule has 0 radical (unpaired) electrons. The molecule has 20 heavy (non-hydrogen) atoms. The van der Waals surface area contributed by atoms with Gasteiger partial charge in [0, 0.05) is 31.9 Å². The van der Waals surface area contributed by atoms with E-state index in [1.54, 1.807) is 12.1 Å². The van der Waals surface area contributed by atoms with Crippen LogP contribution in [-0.2, 0) is 5.75 Å². The van der Waals surface area contributed by atoms with Crippen LogP contribution in [0.3, 0.4) is 0 Å². The molecular formula is C14H24FN3OS. The van der Waals surface area contributed by atoms with Crippen molar-refractivity contribution in [1.29, 1.82) is 0 Å². The Labute approximate surface area is 125 Å². The standard InChI is InChI=1S/C14H24FN3OS/c1-16(2)8-9-17(3)10-11-18(19)20-12-13-4-6-14(15)7-5-13/h4-7,19H,8-12H2,1-3H3. The summed E-state index contributed by atoms with van der Waals surface area (Å²) in [5.74, 6) is 0.403. The second kappa shape index (κ2) is 9.31. The third kappa shape index (κ3) is 7.81. The van der Waals surface area contributed by atoms with Crippen molar-refractivity contribution in [2.45, 2.75) is 5.75 Å². The van der Waals surface area contributed by atoms with Crippen LogP contribution in [0.1, 0.15) is 5.56 Å². The van der Waals surface area contributed by atoms with Crippen LogP contribution >= 0.6 is 11.9 Å². The van der Waals surface area contributed by atoms with E-state index < -0.39 is 0 Å². The number of hydrogen-bond donors (Lipinski definition) is 1. The van der Waals surface area contributed by atoms with Crippen molar-refractivity contribution in [2.75, 3.05) is 47.3 Å². The lowest BCUT2D eigenvalue weighted by molar-refractivity contribution is 0.0103. The molecule has 0 atom stereocenters. The Balaban J connectivity index is 2.16. The summed E-state index contributed by atoms with van der Waals surface area (Å²) in [6, 6.07) is 6.35. The lowest BCUT2D eigenvalue weighted by atomic mass is 10.2. The summed E-state index contributed by atoms with van der Waals surface area (Å²) in [4.78, 5) is 4.32. The number of hydroxylamine groups is 1. The number of benzene rings is 1. The predicted molar refractivity (Wildman–Crippen MR) is 82.2 cm³/mol. The Hall–Kier alpha value is -0.660. The van der Waals surface area contributed by atoms with E-state index in [2.05, 4.69) is 9.80 Å². The van der Waals surface area contributed by atoms with Crippen molar-refractivity contribution in [1.82, 2.24) is 14.3 Å². The van der Waals surface area contributed by atoms with Gasteiger partial charge in [-0.15, -0.1) is 4.47 Å². The normalized spacial score (nSPS) is 11.8. The highest BCUT2D eigenvalue weighted by atomic mass is 32.2. The Morgan fingerprint density at radius 3 is 2.20 bits per heavy atom. The lowest BCUT2D eigenvalue weighted by Crippen LogP contribution is -2.33. The maximum absolute atomic E-state index is 12.7. The number of halogens is 1. The summed E-state index contributed by atoms with van der Waals surface area (Å²) >= 11 is 1.33. The van der Waals surface area contributed by atoms with Gasteiger partial charge in [0.15, 0.2) is 0 Å². The highest BCUT2D eigenvalue weighted by Gasteiger charge is 2.05. The second-order valence-corrected chi connectivity index (χ2v) is 6.05. The first-order chi connectivity index (χ1) is 9.47. The SMILES string of the molecule is CN(C)CCN(C)CCN(O)SCc1ccc(F)cc1. The smallest absolute Gasteiger partial charge is 0.123 e. The molecule has 1 aromatic carbocycles. The number of hydrogen-bond acceptors (Lipinski definition) is 5. The van der Waals surface area contributed by atoms with Gasteiger partial charge in [-0.05, 0) is 50.8 Å². The van der Waals surface area contributed by atoms with Crippen molar-refractivity contribution in [3.8, 4) is 0 Å². The first-order valence-electron chi connectivity index (χ1n) is 6.64. The summed E-state index contributed by atoms with van der Waals surface area (Å²) in [7, 11) is 6.14. The van der Waals surface area contributed by atoms with Crippen LogP contribution in [0.25, 0.3) is 0 Å². The fourth-order valence-electron chi connectivity index (χ4n) is 1.53. The zero-order valence-corrected chi connectivity index (χ0v) is 13.2. The number of rotatable bonds is 9. The fraction of sp³-hybridized carbons (Fsp3) is 0.571. The molecule has 0 aliphatic rings. The number of likely N-dealkylation sites (N-methyl/N-ethyl adjacent to an activating group) is 2. The second-order valence-electron chi connectivity index (χ2n) is 5.08. The molecule has 0 saturated carbocycles. The van der Waals surface area contributed by atoms with Gasteiger partial charge in [-0.2, -0.15) is 0 Å². The highest BCUT2D eigenvalue weighted by Crippen LogP contribution is 2.15. The van der Waals surface area contributed by atoms with Crippen molar-refractivity contribution >= 4 is 11.9 Å². The van der Waals surface area contributed by atoms with Gasteiger partial charge in [-0.25, -0.2) is 4.39 Å². The minimum Gasteiger partial charge on any atom is -0.308 e. The van der Waals surface area contributed by atoms with Crippen LogP contribution in [0.4, 0.5) is 4.39 Å². The van der Waals surface area contributed by atoms with Crippen LogP contribution in [0, 0.1) is 5.82 Å². The monoisotopic (exact) mass is 301 g/mol. The van der Waals surface area contributed by atoms with Crippen molar-refractivity contribution in [2.24, 2.45) is 0 Å². The molecule has 0 fully saturated rings. The van der Waals surface area contributed by atoms with Crippen molar-refractivity contribution in [3.63, 3.8) is 0 Å². The Kier molecular flexibility index (Phi) is 8.09. The minimum atomic E-state index is -0.234. The van der Waals surface area contributed by atoms with E-state index in [1.165, 1.54) is 28.5 Å². The summed E-state index contributed by atoms with van der Waals surface area (Å²) in [6.07, 6.45) is 0. The predicted octanol–water partition coefficient (Wildman–Crippen LogP) is 2.16. The van der Waals surface area contributed by atoms with E-state index in [0.717, 1.165) is 25.2 Å². The Morgan fingerprint density at radius 2 is 1.60 bits per heavy atom. The summed E-state index contributed by atoms with van der Waals surface area (Å²) in [6.45, 7) is 3.37. The number of nitrogens with zero attached hydrogens (tertiary/aromatic N) is 3. The molecule has 0 amide bonds. The van der Waals surface area contributed by atoms with Gasteiger partial charge in [0.2, 0.25) is 0 Å². The average molecular weight is 301 g/mol. The van der Waals surface area contributed by atoms with E-state index in [0.29, 0.717) is 12.3 Å². The highest BCUT2D eigenvalue weighted by molar-refractivity contribution is 7.96. The van der Waals surface area contributed by atoms with Crippen LogP contribution in [0.2, 0.25) is 0 Å². The molecule has 0 aromatic heterocycles. The first-order valence-corrected chi connectivity index (χ1v) is 7.58. The molecular weight excluding hydrogens is 277 g/mol. The minimum absolute atomic E-state index is 0.234. The topological polar surface area (TPSA) is 30.0 Å². The quantitative estimate of drug-likeness (QED) is 0.558. The zero-order valence-electron chi connectivity index (χ0n) is 12.4. The molecule has 4 nitrogen and oxygen atoms in total. The molecule has 0 unspecified atom stereocenters. The maximum atomic E-state index is 12.7. The molecule has 0 spiro atoms. The van der Waals surface area contributed by atoms with Gasteiger partial charge >= 0.3 is 0 Å². The molecule has 0 bridgehead atoms. The van der Waals surface area contributed by atoms with Crippen molar-refractivity contribution in [3.05, 3.63) is 35.6 Å². The molecule has 0 aliphatic carbocycles. The van der Waals surface area contributed by atoms with Gasteiger partial charge in [0.25, 0.3) is 0 Å². The summed E-state index contributed by atoms with van der Waals surface area (Å²) in [5, 5.41) is 9.78. The molecule has 6 heteroatoms. The molecule has 0 saturated heterocycles. The third-order valence-electron chi connectivity index (χ3n) is 2.90. The van der Waals surface area contributed by atoms with Gasteiger partial charge < -0.3 is 15.0 Å². The lowest BCUT2D eigenvalue weighted by Gasteiger charge is -2.21. The Bertz CT molecular complexity index is 375. The third-order valence-corrected chi connectivity index (χ3v) is 3.84. The van der Waals surface area contributed by atoms with Gasteiger partial charge in [-0.3, -0.25) is 0 Å². The molecule has 0 aliphatic heterocycles. The molecule has 1 aromatic rings. The van der Waals surface area contributed by atoms with Gasteiger partial charge in [0.05, 0.1) is 0 Å². The van der Waals surface area contributed by atoms with Crippen LogP contribution in [-0.4, -0.2) is 66.8 Å². The van der Waals surface area contributed by atoms with Crippen LogP contribution in [0.5, 0.6) is 0 Å². The average Bonchev–Trinajstić information content (AvgIpc) is 2.42. The largest absolute Gasteiger partial charge is 0.308 e. The molecule has 114 valence electrons. The van der Waals surface area contributed by atoms with Crippen LogP contribution in [0.15, 0.2) is 24.3 Å². The van der Waals surface area contributed by atoms with E-state index in [-0.39, 0.29) is 5.82 Å². The van der Waals surface area contributed by atoms with E-state index >= 15 is 0 Å². The van der Waals surface area contributed by atoms with Crippen molar-refractivity contribution < 1.29 is 9.60 Å². The Morgan fingerprint density at radius 1 is 1.00 bits per heavy atom. The molecule has 1 N–H and O–H groups in total. The van der Waals surface area contributed by atoms with E-state index in [4.69, 9.17) is 0 Å². The summed E-state index contributed by atoms with van der Waals surface area (Å²) < 4.78 is 14.0. The van der Waals surface area contributed by atoms with E-state index in [9.17, 15) is 9.60 Å². The summed E-state index contributed by atoms with van der Waals surface area (Å²) in [5.41, 5.74) is 0.997. The maximum Gasteiger partial charge on any atom is 0.123 e. The fourth-order valence-corrected chi connectivity index (χ4v) is 2.23. The molecule has 0 heterocycles. The van der Waals surface area contributed by atoms with Gasteiger partial charge in [-0.1, -0.05) is 12.1 Å². The molecule has 1 rings (SSSR count).